The largest absolute Gasteiger partial charge is 0.396 e. The Balaban J connectivity index is 2.49. The molecule has 2 amide bonds. The van der Waals surface area contributed by atoms with Crippen LogP contribution in [0.5, 0.6) is 0 Å². The summed E-state index contributed by atoms with van der Waals surface area (Å²) in [6.45, 7) is 0.0193. The first-order valence-corrected chi connectivity index (χ1v) is 6.98. The van der Waals surface area contributed by atoms with Crippen molar-refractivity contribution in [2.45, 2.75) is 12.5 Å². The summed E-state index contributed by atoms with van der Waals surface area (Å²) in [5, 5.41) is 14.2. The fraction of sp³-hybridized carbons (Fsp3) is 0.417. The number of aliphatic hydroxyl groups excluding tert-OH is 1. The van der Waals surface area contributed by atoms with E-state index in [9.17, 15) is 9.18 Å². The molecule has 0 radical (unpaired) electrons. The van der Waals surface area contributed by atoms with Gasteiger partial charge in [0.2, 0.25) is 0 Å². The maximum atomic E-state index is 12.9. The van der Waals surface area contributed by atoms with E-state index >= 15 is 0 Å². The molecule has 0 unspecified atom stereocenters. The topological polar surface area (TPSA) is 61.4 Å². The Hall–Kier alpha value is -1.27. The lowest BCUT2D eigenvalue weighted by atomic mass is 10.2. The molecule has 6 heteroatoms. The minimum atomic E-state index is -0.399. The molecule has 0 saturated carbocycles. The van der Waals surface area contributed by atoms with Crippen LogP contribution in [0.15, 0.2) is 24.3 Å². The van der Waals surface area contributed by atoms with E-state index in [0.717, 1.165) is 5.75 Å². The highest BCUT2D eigenvalue weighted by molar-refractivity contribution is 7.98. The molecule has 1 atom stereocenters. The number of carbonyl (C=O) groups excluding carboxylic acids is 1. The van der Waals surface area contributed by atoms with E-state index in [0.29, 0.717) is 12.1 Å². The number of benzene rings is 1. The van der Waals surface area contributed by atoms with Crippen LogP contribution in [0, 0.1) is 5.82 Å². The lowest BCUT2D eigenvalue weighted by Crippen LogP contribution is -2.40. The Morgan fingerprint density at radius 3 is 2.94 bits per heavy atom. The second-order valence-corrected chi connectivity index (χ2v) is 4.68. The Kier molecular flexibility index (Phi) is 6.53. The number of halogens is 1. The van der Waals surface area contributed by atoms with Crippen molar-refractivity contribution < 1.29 is 14.3 Å². The Morgan fingerprint density at radius 2 is 2.33 bits per heavy atom. The van der Waals surface area contributed by atoms with Gasteiger partial charge in [0, 0.05) is 24.1 Å². The number of anilines is 1. The molecule has 1 rings (SSSR count). The zero-order valence-corrected chi connectivity index (χ0v) is 11.0. The molecule has 0 saturated heterocycles. The molecule has 100 valence electrons. The summed E-state index contributed by atoms with van der Waals surface area (Å²) in [6, 6.07) is 5.20. The summed E-state index contributed by atoms with van der Waals surface area (Å²) in [5.41, 5.74) is 0.402. The third kappa shape index (κ3) is 5.37. The molecular weight excluding hydrogens is 255 g/mol. The Labute approximate surface area is 110 Å². The van der Waals surface area contributed by atoms with Crippen LogP contribution in [-0.4, -0.2) is 35.8 Å². The van der Waals surface area contributed by atoms with Crippen molar-refractivity contribution >= 4 is 23.5 Å². The van der Waals surface area contributed by atoms with Crippen molar-refractivity contribution in [1.29, 1.82) is 0 Å². The predicted molar refractivity (Wildman–Crippen MR) is 72.4 cm³/mol. The molecular formula is C12H17FN2O2S. The second-order valence-electron chi connectivity index (χ2n) is 3.77. The van der Waals surface area contributed by atoms with E-state index in [-0.39, 0.29) is 12.6 Å². The van der Waals surface area contributed by atoms with Gasteiger partial charge in [0.15, 0.2) is 0 Å². The fourth-order valence-electron chi connectivity index (χ4n) is 1.47. The van der Waals surface area contributed by atoms with Gasteiger partial charge >= 0.3 is 6.03 Å². The molecule has 0 heterocycles. The SMILES string of the molecule is CSC[C@@H](CCO)NC(=O)Nc1cccc(F)c1. The van der Waals surface area contributed by atoms with E-state index in [4.69, 9.17) is 5.11 Å². The van der Waals surface area contributed by atoms with E-state index in [1.165, 1.54) is 18.2 Å². The van der Waals surface area contributed by atoms with E-state index in [1.54, 1.807) is 17.8 Å². The lowest BCUT2D eigenvalue weighted by Gasteiger charge is -2.17. The molecule has 0 bridgehead atoms. The van der Waals surface area contributed by atoms with Crippen molar-refractivity contribution in [1.82, 2.24) is 5.32 Å². The molecule has 0 spiro atoms. The van der Waals surface area contributed by atoms with E-state index < -0.39 is 11.8 Å². The van der Waals surface area contributed by atoms with Crippen LogP contribution in [0.4, 0.5) is 14.9 Å². The first-order chi connectivity index (χ1) is 8.65. The minimum absolute atomic E-state index is 0.0193. The van der Waals surface area contributed by atoms with Crippen molar-refractivity contribution in [2.75, 3.05) is 23.9 Å². The van der Waals surface area contributed by atoms with Crippen molar-refractivity contribution in [3.05, 3.63) is 30.1 Å². The van der Waals surface area contributed by atoms with Gasteiger partial charge in [-0.2, -0.15) is 11.8 Å². The zero-order chi connectivity index (χ0) is 13.4. The molecule has 1 aromatic carbocycles. The highest BCUT2D eigenvalue weighted by Gasteiger charge is 2.11. The van der Waals surface area contributed by atoms with Gasteiger partial charge in [-0.15, -0.1) is 0 Å². The normalized spacial score (nSPS) is 11.9. The molecule has 0 fully saturated rings. The molecule has 0 aliphatic carbocycles. The van der Waals surface area contributed by atoms with Gasteiger partial charge in [0.1, 0.15) is 5.82 Å². The Bertz CT molecular complexity index is 384. The lowest BCUT2D eigenvalue weighted by molar-refractivity contribution is 0.241. The molecule has 18 heavy (non-hydrogen) atoms. The highest BCUT2D eigenvalue weighted by atomic mass is 32.2. The van der Waals surface area contributed by atoms with Crippen LogP contribution in [0.2, 0.25) is 0 Å². The zero-order valence-electron chi connectivity index (χ0n) is 10.1. The number of amides is 2. The maximum Gasteiger partial charge on any atom is 0.319 e. The number of hydrogen-bond acceptors (Lipinski definition) is 3. The third-order valence-electron chi connectivity index (χ3n) is 2.26. The number of carbonyl (C=O) groups is 1. The number of nitrogens with one attached hydrogen (secondary N) is 2. The number of rotatable bonds is 6. The number of hydrogen-bond donors (Lipinski definition) is 3. The summed E-state index contributed by atoms with van der Waals surface area (Å²) >= 11 is 1.59. The highest BCUT2D eigenvalue weighted by Crippen LogP contribution is 2.09. The van der Waals surface area contributed by atoms with Crippen LogP contribution < -0.4 is 10.6 Å². The van der Waals surface area contributed by atoms with Crippen molar-refractivity contribution in [3.63, 3.8) is 0 Å². The monoisotopic (exact) mass is 272 g/mol. The molecule has 0 aliphatic heterocycles. The summed E-state index contributed by atoms with van der Waals surface area (Å²) in [5.74, 6) is 0.320. The number of urea groups is 1. The van der Waals surface area contributed by atoms with Gasteiger partial charge in [0.05, 0.1) is 0 Å². The van der Waals surface area contributed by atoms with Crippen LogP contribution in [0.1, 0.15) is 6.42 Å². The van der Waals surface area contributed by atoms with E-state index in [2.05, 4.69) is 10.6 Å². The van der Waals surface area contributed by atoms with Crippen LogP contribution in [-0.2, 0) is 0 Å². The van der Waals surface area contributed by atoms with Crippen molar-refractivity contribution in [3.8, 4) is 0 Å². The second kappa shape index (κ2) is 7.94. The first-order valence-electron chi connectivity index (χ1n) is 5.58. The quantitative estimate of drug-likeness (QED) is 0.743. The smallest absolute Gasteiger partial charge is 0.319 e. The fourth-order valence-corrected chi connectivity index (χ4v) is 2.13. The third-order valence-corrected chi connectivity index (χ3v) is 3.00. The van der Waals surface area contributed by atoms with Crippen LogP contribution in [0.25, 0.3) is 0 Å². The predicted octanol–water partition coefficient (Wildman–Crippen LogP) is 2.06. The Morgan fingerprint density at radius 1 is 1.56 bits per heavy atom. The first kappa shape index (κ1) is 14.8. The average molecular weight is 272 g/mol. The van der Waals surface area contributed by atoms with Gasteiger partial charge in [0.25, 0.3) is 0 Å². The molecule has 0 aliphatic rings. The molecule has 0 aromatic heterocycles. The molecule has 4 nitrogen and oxygen atoms in total. The molecule has 1 aromatic rings. The van der Waals surface area contributed by atoms with Gasteiger partial charge in [-0.1, -0.05) is 6.07 Å². The minimum Gasteiger partial charge on any atom is -0.396 e. The molecule has 3 N–H and O–H groups in total. The summed E-state index contributed by atoms with van der Waals surface area (Å²) in [7, 11) is 0. The van der Waals surface area contributed by atoms with E-state index in [1.807, 2.05) is 6.26 Å². The standard InChI is InChI=1S/C12H17FN2O2S/c1-18-8-11(5-6-16)15-12(17)14-10-4-2-3-9(13)7-10/h2-4,7,11,16H,5-6,8H2,1H3,(H2,14,15,17)/t11-/m1/s1. The summed E-state index contributed by atoms with van der Waals surface area (Å²) in [6.07, 6.45) is 2.42. The van der Waals surface area contributed by atoms with Gasteiger partial charge in [-0.05, 0) is 30.9 Å². The van der Waals surface area contributed by atoms with Crippen LogP contribution >= 0.6 is 11.8 Å². The van der Waals surface area contributed by atoms with Crippen molar-refractivity contribution in [2.24, 2.45) is 0 Å². The van der Waals surface area contributed by atoms with Crippen LogP contribution in [0.3, 0.4) is 0 Å². The van der Waals surface area contributed by atoms with Gasteiger partial charge < -0.3 is 15.7 Å². The summed E-state index contributed by atoms with van der Waals surface area (Å²) < 4.78 is 12.9. The average Bonchev–Trinajstić information content (AvgIpc) is 2.29. The number of aliphatic hydroxyl groups is 1. The maximum absolute atomic E-state index is 12.9. The van der Waals surface area contributed by atoms with Gasteiger partial charge in [-0.25, -0.2) is 9.18 Å². The van der Waals surface area contributed by atoms with Gasteiger partial charge in [-0.3, -0.25) is 0 Å². The summed E-state index contributed by atoms with van der Waals surface area (Å²) in [4.78, 5) is 11.6. The number of thioether (sulfide) groups is 1.